The molecule has 0 saturated carbocycles. The molecule has 24 heavy (non-hydrogen) atoms. The fourth-order valence-electron chi connectivity index (χ4n) is 1.73. The molecule has 0 aromatic rings. The van der Waals surface area contributed by atoms with Gasteiger partial charge in [-0.3, -0.25) is 0 Å². The Balaban J connectivity index is 4.65. The van der Waals surface area contributed by atoms with Crippen LogP contribution in [0.25, 0.3) is 0 Å². The van der Waals surface area contributed by atoms with Crippen LogP contribution in [0.4, 0.5) is 22.0 Å². The summed E-state index contributed by atoms with van der Waals surface area (Å²) in [5.74, 6) is -5.65. The molecule has 0 amide bonds. The lowest BCUT2D eigenvalue weighted by molar-refractivity contribution is -0.296. The average molecular weight is 383 g/mol. The van der Waals surface area contributed by atoms with Crippen molar-refractivity contribution >= 4 is 10.0 Å². The second-order valence-electron chi connectivity index (χ2n) is 7.09. The predicted octanol–water partition coefficient (Wildman–Crippen LogP) is 3.68. The van der Waals surface area contributed by atoms with Crippen molar-refractivity contribution in [2.24, 2.45) is 5.41 Å². The minimum Gasteiger partial charge on any atom is -0.374 e. The fourth-order valence-corrected chi connectivity index (χ4v) is 3.30. The molecule has 0 aromatic carbocycles. The maximum absolute atomic E-state index is 12.7. The van der Waals surface area contributed by atoms with E-state index in [0.29, 0.717) is 6.42 Å². The standard InChI is InChI=1S/C14H26F5NO3S/c1-11(2)20(7-6-12(3,4)5)24(21,22)9-8-23-10-13(15,16)14(17,18)19/h11H,6-10H2,1-5H3. The van der Waals surface area contributed by atoms with Crippen molar-refractivity contribution in [3.63, 3.8) is 0 Å². The molecule has 0 heterocycles. The lowest BCUT2D eigenvalue weighted by atomic mass is 9.92. The van der Waals surface area contributed by atoms with Gasteiger partial charge >= 0.3 is 12.1 Å². The van der Waals surface area contributed by atoms with Crippen molar-refractivity contribution in [1.29, 1.82) is 0 Å². The van der Waals surface area contributed by atoms with Crippen LogP contribution < -0.4 is 0 Å². The first-order valence-electron chi connectivity index (χ1n) is 7.51. The van der Waals surface area contributed by atoms with E-state index >= 15 is 0 Å². The van der Waals surface area contributed by atoms with Gasteiger partial charge in [0.25, 0.3) is 0 Å². The number of halogens is 5. The Morgan fingerprint density at radius 3 is 1.92 bits per heavy atom. The van der Waals surface area contributed by atoms with Gasteiger partial charge in [-0.2, -0.15) is 26.3 Å². The van der Waals surface area contributed by atoms with Crippen LogP contribution in [0.2, 0.25) is 0 Å². The molecule has 0 unspecified atom stereocenters. The van der Waals surface area contributed by atoms with E-state index in [-0.39, 0.29) is 18.0 Å². The van der Waals surface area contributed by atoms with Gasteiger partial charge in [0.15, 0.2) is 0 Å². The van der Waals surface area contributed by atoms with Crippen molar-refractivity contribution in [3.8, 4) is 0 Å². The molecule has 0 spiro atoms. The molecular weight excluding hydrogens is 357 g/mol. The molecule has 0 radical (unpaired) electrons. The highest BCUT2D eigenvalue weighted by Gasteiger charge is 2.57. The van der Waals surface area contributed by atoms with E-state index in [0.717, 1.165) is 0 Å². The average Bonchev–Trinajstić information content (AvgIpc) is 2.31. The molecule has 0 aliphatic heterocycles. The van der Waals surface area contributed by atoms with Gasteiger partial charge in [-0.05, 0) is 25.7 Å². The Kier molecular flexibility index (Phi) is 8.10. The molecule has 0 saturated heterocycles. The summed E-state index contributed by atoms with van der Waals surface area (Å²) in [6.45, 7) is 6.78. The number of nitrogens with zero attached hydrogens (tertiary/aromatic N) is 1. The van der Waals surface area contributed by atoms with Gasteiger partial charge in [-0.25, -0.2) is 8.42 Å². The van der Waals surface area contributed by atoms with Crippen LogP contribution in [0.1, 0.15) is 41.0 Å². The molecule has 0 fully saturated rings. The van der Waals surface area contributed by atoms with Crippen LogP contribution in [0.3, 0.4) is 0 Å². The van der Waals surface area contributed by atoms with Gasteiger partial charge in [0.2, 0.25) is 10.0 Å². The third-order valence-corrected chi connectivity index (χ3v) is 5.20. The van der Waals surface area contributed by atoms with E-state index in [1.54, 1.807) is 13.8 Å². The first-order valence-corrected chi connectivity index (χ1v) is 9.12. The SMILES string of the molecule is CC(C)N(CCC(C)(C)C)S(=O)(=O)CCOCC(F)(F)C(F)(F)F. The van der Waals surface area contributed by atoms with Crippen LogP contribution >= 0.6 is 0 Å². The van der Waals surface area contributed by atoms with Crippen molar-refractivity contribution in [2.45, 2.75) is 59.2 Å². The Morgan fingerprint density at radius 2 is 1.54 bits per heavy atom. The van der Waals surface area contributed by atoms with Gasteiger partial charge in [0, 0.05) is 12.6 Å². The highest BCUT2D eigenvalue weighted by Crippen LogP contribution is 2.35. The van der Waals surface area contributed by atoms with Gasteiger partial charge in [-0.1, -0.05) is 20.8 Å². The highest BCUT2D eigenvalue weighted by atomic mass is 32.2. The molecule has 0 rings (SSSR count). The minimum atomic E-state index is -5.72. The van der Waals surface area contributed by atoms with Crippen LogP contribution in [0.15, 0.2) is 0 Å². The van der Waals surface area contributed by atoms with Crippen molar-refractivity contribution in [3.05, 3.63) is 0 Å². The molecule has 0 aliphatic carbocycles. The molecular formula is C14H26F5NO3S. The summed E-state index contributed by atoms with van der Waals surface area (Å²) in [7, 11) is -3.82. The zero-order valence-corrected chi connectivity index (χ0v) is 15.4. The maximum Gasteiger partial charge on any atom is 0.455 e. The summed E-state index contributed by atoms with van der Waals surface area (Å²) >= 11 is 0. The first kappa shape index (κ1) is 23.5. The van der Waals surface area contributed by atoms with E-state index < -0.39 is 41.1 Å². The van der Waals surface area contributed by atoms with E-state index in [2.05, 4.69) is 4.74 Å². The van der Waals surface area contributed by atoms with Crippen molar-refractivity contribution < 1.29 is 35.1 Å². The number of sulfonamides is 1. The van der Waals surface area contributed by atoms with Crippen LogP contribution in [0, 0.1) is 5.41 Å². The summed E-state index contributed by atoms with van der Waals surface area (Å²) < 4.78 is 91.3. The lowest BCUT2D eigenvalue weighted by Crippen LogP contribution is -2.43. The third kappa shape index (κ3) is 8.06. The van der Waals surface area contributed by atoms with E-state index in [4.69, 9.17) is 0 Å². The van der Waals surface area contributed by atoms with E-state index in [1.165, 1.54) is 4.31 Å². The normalized spacial score (nSPS) is 14.7. The summed E-state index contributed by atoms with van der Waals surface area (Å²) in [5, 5.41) is 0. The van der Waals surface area contributed by atoms with Gasteiger partial charge in [-0.15, -0.1) is 0 Å². The number of hydrogen-bond acceptors (Lipinski definition) is 3. The lowest BCUT2D eigenvalue weighted by Gasteiger charge is -2.29. The monoisotopic (exact) mass is 383 g/mol. The second-order valence-corrected chi connectivity index (χ2v) is 9.13. The Morgan fingerprint density at radius 1 is 1.04 bits per heavy atom. The topological polar surface area (TPSA) is 46.6 Å². The summed E-state index contributed by atoms with van der Waals surface area (Å²) in [4.78, 5) is 0. The molecule has 10 heteroatoms. The maximum atomic E-state index is 12.7. The molecule has 4 nitrogen and oxygen atoms in total. The largest absolute Gasteiger partial charge is 0.455 e. The van der Waals surface area contributed by atoms with E-state index in [1.807, 2.05) is 20.8 Å². The van der Waals surface area contributed by atoms with E-state index in [9.17, 15) is 30.4 Å². The zero-order valence-electron chi connectivity index (χ0n) is 14.6. The number of rotatable bonds is 9. The van der Waals surface area contributed by atoms with Crippen molar-refractivity contribution in [1.82, 2.24) is 4.31 Å². The van der Waals surface area contributed by atoms with Gasteiger partial charge in [0.1, 0.15) is 6.61 Å². The summed E-state index contributed by atoms with van der Waals surface area (Å²) in [6.07, 6.45) is -5.14. The Labute approximate surface area is 140 Å². The van der Waals surface area contributed by atoms with Gasteiger partial charge < -0.3 is 4.74 Å². The highest BCUT2D eigenvalue weighted by molar-refractivity contribution is 7.89. The van der Waals surface area contributed by atoms with Crippen molar-refractivity contribution in [2.75, 3.05) is 25.5 Å². The Bertz CT molecular complexity index is 484. The zero-order chi connectivity index (χ0) is 19.4. The number of hydrogen-bond donors (Lipinski definition) is 0. The third-order valence-electron chi connectivity index (χ3n) is 3.20. The van der Waals surface area contributed by atoms with Crippen LogP contribution in [-0.2, 0) is 14.8 Å². The molecule has 146 valence electrons. The molecule has 0 aromatic heterocycles. The van der Waals surface area contributed by atoms with Crippen LogP contribution in [-0.4, -0.2) is 56.4 Å². The Hall–Kier alpha value is -0.480. The molecule has 0 N–H and O–H groups in total. The smallest absolute Gasteiger partial charge is 0.374 e. The summed E-state index contributed by atoms with van der Waals surface area (Å²) in [5.41, 5.74) is -0.103. The fraction of sp³-hybridized carbons (Fsp3) is 1.00. The molecule has 0 aliphatic rings. The quantitative estimate of drug-likeness (QED) is 0.451. The summed E-state index contributed by atoms with van der Waals surface area (Å²) in [6, 6.07) is -0.353. The van der Waals surface area contributed by atoms with Gasteiger partial charge in [0.05, 0.1) is 12.4 Å². The molecule has 0 atom stereocenters. The number of alkyl halides is 5. The predicted molar refractivity (Wildman–Crippen MR) is 81.5 cm³/mol. The van der Waals surface area contributed by atoms with Crippen LogP contribution in [0.5, 0.6) is 0 Å². The second kappa shape index (κ2) is 8.27. The number of ether oxygens (including phenoxy) is 1. The first-order chi connectivity index (χ1) is 10.5. The minimum absolute atomic E-state index is 0.103. The molecule has 0 bridgehead atoms.